The van der Waals surface area contributed by atoms with Gasteiger partial charge in [0.1, 0.15) is 11.5 Å². The number of amides is 1. The third-order valence-electron chi connectivity index (χ3n) is 3.31. The van der Waals surface area contributed by atoms with Crippen LogP contribution in [0.2, 0.25) is 0 Å². The largest absolute Gasteiger partial charge is 0.508 e. The monoisotopic (exact) mass is 329 g/mol. The Labute approximate surface area is 140 Å². The van der Waals surface area contributed by atoms with Gasteiger partial charge < -0.3 is 19.9 Å². The van der Waals surface area contributed by atoms with E-state index in [2.05, 4.69) is 5.32 Å². The lowest BCUT2D eigenvalue weighted by Gasteiger charge is -2.07. The van der Waals surface area contributed by atoms with Crippen LogP contribution in [0.5, 0.6) is 11.5 Å². The lowest BCUT2D eigenvalue weighted by Crippen LogP contribution is -2.30. The highest BCUT2D eigenvalue weighted by Gasteiger charge is 2.10. The van der Waals surface area contributed by atoms with Crippen LogP contribution in [0.3, 0.4) is 0 Å². The van der Waals surface area contributed by atoms with Gasteiger partial charge in [-0.2, -0.15) is 0 Å². The highest BCUT2D eigenvalue weighted by Crippen LogP contribution is 2.12. The van der Waals surface area contributed by atoms with Crippen molar-refractivity contribution in [2.45, 2.75) is 6.42 Å². The van der Waals surface area contributed by atoms with Crippen LogP contribution in [0.1, 0.15) is 15.9 Å². The standard InChI is InChI=1S/C18H19NO5/c1-23-16-7-5-13(6-8-16)9-10-19-17(21)12-24-18(22)14-3-2-4-15(20)11-14/h2-8,11,20H,9-10,12H2,1H3,(H,19,21). The van der Waals surface area contributed by atoms with E-state index < -0.39 is 5.97 Å². The molecule has 2 aromatic rings. The fourth-order valence-corrected chi connectivity index (χ4v) is 2.04. The smallest absolute Gasteiger partial charge is 0.338 e. The summed E-state index contributed by atoms with van der Waals surface area (Å²) in [5, 5.41) is 12.0. The SMILES string of the molecule is COc1ccc(CCNC(=O)COC(=O)c2cccc(O)c2)cc1. The summed E-state index contributed by atoms with van der Waals surface area (Å²) in [4.78, 5) is 23.4. The molecule has 0 aliphatic carbocycles. The minimum Gasteiger partial charge on any atom is -0.508 e. The summed E-state index contributed by atoms with van der Waals surface area (Å²) < 4.78 is 9.98. The second-order valence-electron chi connectivity index (χ2n) is 5.07. The molecule has 126 valence electrons. The molecule has 0 bridgehead atoms. The van der Waals surface area contributed by atoms with E-state index in [0.717, 1.165) is 11.3 Å². The average molecular weight is 329 g/mol. The van der Waals surface area contributed by atoms with E-state index in [1.807, 2.05) is 24.3 Å². The maximum atomic E-state index is 11.7. The first-order valence-corrected chi connectivity index (χ1v) is 7.44. The number of carbonyl (C=O) groups is 2. The number of ether oxygens (including phenoxy) is 2. The van der Waals surface area contributed by atoms with Gasteiger partial charge in [0.15, 0.2) is 6.61 Å². The number of hydrogen-bond donors (Lipinski definition) is 2. The van der Waals surface area contributed by atoms with Crippen molar-refractivity contribution in [3.05, 3.63) is 59.7 Å². The number of methoxy groups -OCH3 is 1. The van der Waals surface area contributed by atoms with Crippen molar-refractivity contribution in [2.24, 2.45) is 0 Å². The van der Waals surface area contributed by atoms with Gasteiger partial charge in [-0.1, -0.05) is 18.2 Å². The molecule has 0 radical (unpaired) electrons. The molecule has 6 nitrogen and oxygen atoms in total. The van der Waals surface area contributed by atoms with Crippen LogP contribution in [-0.4, -0.2) is 37.2 Å². The normalized spacial score (nSPS) is 10.0. The number of rotatable bonds is 7. The van der Waals surface area contributed by atoms with Crippen molar-refractivity contribution < 1.29 is 24.2 Å². The molecule has 0 unspecified atom stereocenters. The molecule has 0 atom stereocenters. The van der Waals surface area contributed by atoms with Gasteiger partial charge in [-0.15, -0.1) is 0 Å². The zero-order chi connectivity index (χ0) is 17.4. The van der Waals surface area contributed by atoms with Crippen LogP contribution < -0.4 is 10.1 Å². The van der Waals surface area contributed by atoms with Gasteiger partial charge in [0.25, 0.3) is 5.91 Å². The Kier molecular flexibility index (Phi) is 6.19. The van der Waals surface area contributed by atoms with Crippen LogP contribution in [0, 0.1) is 0 Å². The van der Waals surface area contributed by atoms with E-state index in [1.54, 1.807) is 7.11 Å². The number of carbonyl (C=O) groups excluding carboxylic acids is 2. The summed E-state index contributed by atoms with van der Waals surface area (Å²) in [6, 6.07) is 13.3. The lowest BCUT2D eigenvalue weighted by molar-refractivity contribution is -0.124. The van der Waals surface area contributed by atoms with Crippen molar-refractivity contribution >= 4 is 11.9 Å². The van der Waals surface area contributed by atoms with Crippen molar-refractivity contribution in [3.63, 3.8) is 0 Å². The van der Waals surface area contributed by atoms with Crippen LogP contribution in [0.25, 0.3) is 0 Å². The first kappa shape index (κ1) is 17.3. The fraction of sp³-hybridized carbons (Fsp3) is 0.222. The van der Waals surface area contributed by atoms with E-state index >= 15 is 0 Å². The molecule has 24 heavy (non-hydrogen) atoms. The van der Waals surface area contributed by atoms with E-state index in [1.165, 1.54) is 24.3 Å². The maximum Gasteiger partial charge on any atom is 0.338 e. The molecule has 0 spiro atoms. The molecule has 6 heteroatoms. The van der Waals surface area contributed by atoms with Gasteiger partial charge in [0.05, 0.1) is 12.7 Å². The fourth-order valence-electron chi connectivity index (χ4n) is 2.04. The third-order valence-corrected chi connectivity index (χ3v) is 3.31. The Morgan fingerprint density at radius 2 is 1.88 bits per heavy atom. The highest BCUT2D eigenvalue weighted by atomic mass is 16.5. The van der Waals surface area contributed by atoms with Crippen LogP contribution >= 0.6 is 0 Å². The first-order chi connectivity index (χ1) is 11.6. The van der Waals surface area contributed by atoms with Crippen molar-refractivity contribution in [1.82, 2.24) is 5.32 Å². The van der Waals surface area contributed by atoms with Crippen molar-refractivity contribution in [1.29, 1.82) is 0 Å². The summed E-state index contributed by atoms with van der Waals surface area (Å²) in [5.74, 6) is -0.289. The minimum atomic E-state index is -0.656. The topological polar surface area (TPSA) is 84.9 Å². The van der Waals surface area contributed by atoms with E-state index in [9.17, 15) is 14.7 Å². The molecule has 0 saturated carbocycles. The Balaban J connectivity index is 1.70. The number of nitrogens with one attached hydrogen (secondary N) is 1. The number of phenolic OH excluding ortho intramolecular Hbond substituents is 1. The zero-order valence-corrected chi connectivity index (χ0v) is 13.3. The molecule has 2 aromatic carbocycles. The molecule has 0 aliphatic heterocycles. The van der Waals surface area contributed by atoms with Gasteiger partial charge in [-0.05, 0) is 42.3 Å². The van der Waals surface area contributed by atoms with Gasteiger partial charge >= 0.3 is 5.97 Å². The summed E-state index contributed by atoms with van der Waals surface area (Å²) in [6.45, 7) is 0.0753. The van der Waals surface area contributed by atoms with Crippen LogP contribution in [0.15, 0.2) is 48.5 Å². The number of phenols is 1. The Bertz CT molecular complexity index is 697. The lowest BCUT2D eigenvalue weighted by atomic mass is 10.1. The molecule has 0 aromatic heterocycles. The summed E-state index contributed by atoms with van der Waals surface area (Å²) >= 11 is 0. The highest BCUT2D eigenvalue weighted by molar-refractivity contribution is 5.91. The summed E-state index contributed by atoms with van der Waals surface area (Å²) in [5.41, 5.74) is 1.26. The minimum absolute atomic E-state index is 0.0339. The van der Waals surface area contributed by atoms with Crippen molar-refractivity contribution in [3.8, 4) is 11.5 Å². The molecule has 2 rings (SSSR count). The molecule has 1 amide bonds. The number of benzene rings is 2. The van der Waals surface area contributed by atoms with Gasteiger partial charge in [0.2, 0.25) is 0 Å². The zero-order valence-electron chi connectivity index (χ0n) is 13.3. The molecule has 0 saturated heterocycles. The van der Waals surface area contributed by atoms with Gasteiger partial charge in [0, 0.05) is 6.54 Å². The molecule has 0 aliphatic rings. The number of esters is 1. The molecule has 2 N–H and O–H groups in total. The van der Waals surface area contributed by atoms with Gasteiger partial charge in [-0.3, -0.25) is 4.79 Å². The average Bonchev–Trinajstić information content (AvgIpc) is 2.60. The first-order valence-electron chi connectivity index (χ1n) is 7.44. The molecular weight excluding hydrogens is 310 g/mol. The van der Waals surface area contributed by atoms with Crippen molar-refractivity contribution in [2.75, 3.05) is 20.3 Å². The van der Waals surface area contributed by atoms with E-state index in [4.69, 9.17) is 9.47 Å². The molecular formula is C18H19NO5. The Morgan fingerprint density at radius 3 is 2.54 bits per heavy atom. The van der Waals surface area contributed by atoms with Gasteiger partial charge in [-0.25, -0.2) is 4.79 Å². The predicted molar refractivity (Wildman–Crippen MR) is 88.1 cm³/mol. The van der Waals surface area contributed by atoms with E-state index in [0.29, 0.717) is 13.0 Å². The quantitative estimate of drug-likeness (QED) is 0.758. The molecule has 0 fully saturated rings. The number of aromatic hydroxyl groups is 1. The summed E-state index contributed by atoms with van der Waals surface area (Å²) in [6.07, 6.45) is 0.663. The third kappa shape index (κ3) is 5.31. The van der Waals surface area contributed by atoms with Crippen LogP contribution in [0.4, 0.5) is 0 Å². The maximum absolute atomic E-state index is 11.7. The molecule has 0 heterocycles. The second kappa shape index (κ2) is 8.57. The summed E-state index contributed by atoms with van der Waals surface area (Å²) in [7, 11) is 1.60. The van der Waals surface area contributed by atoms with Crippen LogP contribution in [-0.2, 0) is 16.0 Å². The Morgan fingerprint density at radius 1 is 1.12 bits per heavy atom. The second-order valence-corrected chi connectivity index (χ2v) is 5.07. The number of hydrogen-bond acceptors (Lipinski definition) is 5. The van der Waals surface area contributed by atoms with E-state index in [-0.39, 0.29) is 23.8 Å². The predicted octanol–water partition coefficient (Wildman–Crippen LogP) is 1.92. The Hall–Kier alpha value is -3.02.